The van der Waals surface area contributed by atoms with Crippen molar-refractivity contribution in [3.8, 4) is 0 Å². The number of esters is 1. The summed E-state index contributed by atoms with van der Waals surface area (Å²) in [5, 5.41) is 1.11. The van der Waals surface area contributed by atoms with E-state index in [1.165, 1.54) is 18.4 Å². The number of rotatable bonds is 2. The van der Waals surface area contributed by atoms with E-state index >= 15 is 0 Å². The molecule has 3 nitrogen and oxygen atoms in total. The fraction of sp³-hybridized carbons (Fsp3) is 0.300. The maximum absolute atomic E-state index is 11.2. The van der Waals surface area contributed by atoms with Crippen LogP contribution in [-0.4, -0.2) is 17.6 Å². The second kappa shape index (κ2) is 3.46. The van der Waals surface area contributed by atoms with Crippen LogP contribution < -0.4 is 0 Å². The number of aryl methyl sites for hydroxylation is 1. The van der Waals surface area contributed by atoms with Gasteiger partial charge in [0, 0.05) is 24.3 Å². The van der Waals surface area contributed by atoms with Crippen LogP contribution in [0.5, 0.6) is 0 Å². The van der Waals surface area contributed by atoms with Crippen molar-refractivity contribution in [2.45, 2.75) is 13.5 Å². The summed E-state index contributed by atoms with van der Waals surface area (Å²) in [4.78, 5) is 11.9. The topological polar surface area (TPSA) is 31.2 Å². The number of ether oxygens (including phenoxy) is 1. The quantitative estimate of drug-likeness (QED) is 0.712. The van der Waals surface area contributed by atoms with Crippen LogP contribution in [0.25, 0.3) is 10.1 Å². The molecular formula is C10H11NO2S. The zero-order valence-corrected chi connectivity index (χ0v) is 8.93. The highest BCUT2D eigenvalue weighted by Crippen LogP contribution is 2.26. The Morgan fingerprint density at radius 1 is 1.57 bits per heavy atom. The van der Waals surface area contributed by atoms with Gasteiger partial charge in [-0.15, -0.1) is 11.3 Å². The van der Waals surface area contributed by atoms with E-state index in [1.807, 2.05) is 18.5 Å². The number of nitrogens with zero attached hydrogens (tertiary/aromatic N) is 1. The Bertz CT molecular complexity index is 438. The molecule has 0 saturated heterocycles. The summed E-state index contributed by atoms with van der Waals surface area (Å²) in [7, 11) is 1.40. The molecule has 0 aliphatic rings. The van der Waals surface area contributed by atoms with Crippen molar-refractivity contribution in [2.75, 3.05) is 7.11 Å². The molecule has 0 aliphatic carbocycles. The fourth-order valence-electron chi connectivity index (χ4n) is 1.37. The lowest BCUT2D eigenvalue weighted by molar-refractivity contribution is 0.0606. The largest absolute Gasteiger partial charge is 0.465 e. The first-order valence-electron chi connectivity index (χ1n) is 4.42. The van der Waals surface area contributed by atoms with Gasteiger partial charge in [-0.3, -0.25) is 0 Å². The number of methoxy groups -OCH3 is 1. The summed E-state index contributed by atoms with van der Waals surface area (Å²) in [6.45, 7) is 3.04. The van der Waals surface area contributed by atoms with E-state index in [0.717, 1.165) is 16.6 Å². The number of hydrogen-bond acceptors (Lipinski definition) is 3. The number of carbonyl (C=O) groups is 1. The van der Waals surface area contributed by atoms with Crippen molar-refractivity contribution in [3.63, 3.8) is 0 Å². The molecule has 2 heterocycles. The first kappa shape index (κ1) is 9.27. The lowest BCUT2D eigenvalue weighted by Gasteiger charge is -1.93. The molecular weight excluding hydrogens is 198 g/mol. The summed E-state index contributed by atoms with van der Waals surface area (Å²) in [6.07, 6.45) is 4.09. The van der Waals surface area contributed by atoms with Crippen molar-refractivity contribution >= 4 is 27.4 Å². The minimum atomic E-state index is -0.255. The standard InChI is InChI=1S/C10H11NO2S/c1-3-11-5-7-4-8(10(12)13-2)14-9(7)6-11/h4-6H,3H2,1-2H3. The maximum atomic E-state index is 11.2. The highest BCUT2D eigenvalue weighted by Gasteiger charge is 2.10. The van der Waals surface area contributed by atoms with E-state index < -0.39 is 0 Å². The van der Waals surface area contributed by atoms with Gasteiger partial charge >= 0.3 is 5.97 Å². The summed E-state index contributed by atoms with van der Waals surface area (Å²) in [6, 6.07) is 1.87. The van der Waals surface area contributed by atoms with Crippen LogP contribution in [-0.2, 0) is 11.3 Å². The van der Waals surface area contributed by atoms with Gasteiger partial charge in [-0.25, -0.2) is 4.79 Å². The molecule has 0 spiro atoms. The average Bonchev–Trinajstić information content (AvgIpc) is 2.72. The van der Waals surface area contributed by atoms with Crippen LogP contribution in [0.2, 0.25) is 0 Å². The SMILES string of the molecule is CCn1cc2cc(C(=O)OC)sc2c1. The molecule has 0 N–H and O–H groups in total. The highest BCUT2D eigenvalue weighted by atomic mass is 32.1. The molecule has 0 fully saturated rings. The van der Waals surface area contributed by atoms with Gasteiger partial charge < -0.3 is 9.30 Å². The summed E-state index contributed by atoms with van der Waals surface area (Å²) in [5.41, 5.74) is 0. The Balaban J connectivity index is 2.44. The first-order valence-corrected chi connectivity index (χ1v) is 5.24. The molecule has 0 bridgehead atoms. The summed E-state index contributed by atoms with van der Waals surface area (Å²) >= 11 is 1.47. The maximum Gasteiger partial charge on any atom is 0.348 e. The van der Waals surface area contributed by atoms with Crippen LogP contribution in [0, 0.1) is 0 Å². The van der Waals surface area contributed by atoms with Gasteiger partial charge in [0.2, 0.25) is 0 Å². The Labute approximate surface area is 85.9 Å². The predicted octanol–water partition coefficient (Wildman–Crippen LogP) is 2.51. The molecule has 0 aliphatic heterocycles. The average molecular weight is 209 g/mol. The van der Waals surface area contributed by atoms with Crippen molar-refractivity contribution < 1.29 is 9.53 Å². The molecule has 0 atom stereocenters. The van der Waals surface area contributed by atoms with E-state index in [2.05, 4.69) is 16.2 Å². The number of thiophene rings is 1. The van der Waals surface area contributed by atoms with E-state index in [4.69, 9.17) is 0 Å². The van der Waals surface area contributed by atoms with E-state index in [0.29, 0.717) is 4.88 Å². The zero-order chi connectivity index (χ0) is 10.1. The number of aromatic nitrogens is 1. The molecule has 0 saturated carbocycles. The van der Waals surface area contributed by atoms with Gasteiger partial charge in [0.15, 0.2) is 0 Å². The lowest BCUT2D eigenvalue weighted by Crippen LogP contribution is -1.96. The Kier molecular flexibility index (Phi) is 2.29. The normalized spacial score (nSPS) is 10.7. The Hall–Kier alpha value is -1.29. The van der Waals surface area contributed by atoms with Crippen LogP contribution in [0.15, 0.2) is 18.5 Å². The third kappa shape index (κ3) is 1.42. The molecule has 2 rings (SSSR count). The monoisotopic (exact) mass is 209 g/mol. The second-order valence-electron chi connectivity index (χ2n) is 3.01. The fourth-order valence-corrected chi connectivity index (χ4v) is 2.38. The van der Waals surface area contributed by atoms with Crippen LogP contribution in [0.4, 0.5) is 0 Å². The van der Waals surface area contributed by atoms with Crippen molar-refractivity contribution in [3.05, 3.63) is 23.3 Å². The summed E-state index contributed by atoms with van der Waals surface area (Å²) < 4.78 is 7.89. The number of fused-ring (bicyclic) bond motifs is 1. The van der Waals surface area contributed by atoms with Crippen LogP contribution in [0.1, 0.15) is 16.6 Å². The van der Waals surface area contributed by atoms with Gasteiger partial charge in [0.1, 0.15) is 4.88 Å². The van der Waals surface area contributed by atoms with E-state index in [-0.39, 0.29) is 5.97 Å². The molecule has 14 heavy (non-hydrogen) atoms. The molecule has 4 heteroatoms. The summed E-state index contributed by atoms with van der Waals surface area (Å²) in [5.74, 6) is -0.255. The molecule has 2 aromatic heterocycles. The molecule has 0 aromatic carbocycles. The van der Waals surface area contributed by atoms with Crippen LogP contribution >= 0.6 is 11.3 Å². The Morgan fingerprint density at radius 3 is 2.93 bits per heavy atom. The van der Waals surface area contributed by atoms with Gasteiger partial charge in [-0.2, -0.15) is 0 Å². The van der Waals surface area contributed by atoms with Crippen molar-refractivity contribution in [2.24, 2.45) is 0 Å². The van der Waals surface area contributed by atoms with Gasteiger partial charge in [0.05, 0.1) is 11.8 Å². The second-order valence-corrected chi connectivity index (χ2v) is 4.09. The van der Waals surface area contributed by atoms with Crippen molar-refractivity contribution in [1.29, 1.82) is 0 Å². The van der Waals surface area contributed by atoms with Gasteiger partial charge in [0.25, 0.3) is 0 Å². The molecule has 0 radical (unpaired) electrons. The smallest absolute Gasteiger partial charge is 0.348 e. The van der Waals surface area contributed by atoms with E-state index in [1.54, 1.807) is 0 Å². The Morgan fingerprint density at radius 2 is 2.36 bits per heavy atom. The number of hydrogen-bond donors (Lipinski definition) is 0. The minimum Gasteiger partial charge on any atom is -0.465 e. The molecule has 2 aromatic rings. The third-order valence-corrected chi connectivity index (χ3v) is 3.20. The predicted molar refractivity (Wildman–Crippen MR) is 56.8 cm³/mol. The van der Waals surface area contributed by atoms with E-state index in [9.17, 15) is 4.79 Å². The number of carbonyl (C=O) groups excluding carboxylic acids is 1. The first-order chi connectivity index (χ1) is 6.74. The third-order valence-electron chi connectivity index (χ3n) is 2.13. The molecule has 74 valence electrons. The molecule has 0 unspecified atom stereocenters. The lowest BCUT2D eigenvalue weighted by atomic mass is 10.4. The van der Waals surface area contributed by atoms with Gasteiger partial charge in [-0.05, 0) is 13.0 Å². The van der Waals surface area contributed by atoms with Crippen molar-refractivity contribution in [1.82, 2.24) is 4.57 Å². The molecule has 0 amide bonds. The minimum absolute atomic E-state index is 0.255. The van der Waals surface area contributed by atoms with Gasteiger partial charge in [-0.1, -0.05) is 0 Å². The van der Waals surface area contributed by atoms with Crippen LogP contribution in [0.3, 0.4) is 0 Å². The highest BCUT2D eigenvalue weighted by molar-refractivity contribution is 7.20. The zero-order valence-electron chi connectivity index (χ0n) is 8.11.